The van der Waals surface area contributed by atoms with Gasteiger partial charge in [-0.05, 0) is 78.7 Å². The molecule has 0 aliphatic carbocycles. The van der Waals surface area contributed by atoms with Gasteiger partial charge in [-0.25, -0.2) is 19.1 Å². The van der Waals surface area contributed by atoms with Crippen LogP contribution in [0.1, 0.15) is 27.5 Å². The number of esters is 1. The minimum Gasteiger partial charge on any atom is -0.493 e. The third-order valence-corrected chi connectivity index (χ3v) is 7.20. The van der Waals surface area contributed by atoms with Gasteiger partial charge in [0.1, 0.15) is 11.7 Å². The number of carbonyl (C=O) groups excluding carboxylic acids is 3. The summed E-state index contributed by atoms with van der Waals surface area (Å²) in [5.41, 5.74) is 2.86. The molecule has 0 bridgehead atoms. The van der Waals surface area contributed by atoms with Crippen molar-refractivity contribution < 1.29 is 33.1 Å². The molecule has 2 amide bonds. The fraction of sp³-hybridized carbons (Fsp3) is 0.156. The van der Waals surface area contributed by atoms with E-state index in [-0.39, 0.29) is 23.0 Å². The molecule has 0 unspecified atom stereocenters. The predicted molar refractivity (Wildman–Crippen MR) is 148 cm³/mol. The number of hydrogen-bond acceptors (Lipinski definition) is 7. The zero-order valence-corrected chi connectivity index (χ0v) is 22.2. The number of benzene rings is 4. The quantitative estimate of drug-likeness (QED) is 0.180. The van der Waals surface area contributed by atoms with Crippen LogP contribution in [0.5, 0.6) is 11.5 Å². The molecular formula is C32H25FN2O6. The van der Waals surface area contributed by atoms with E-state index in [1.54, 1.807) is 41.5 Å². The number of hydroxylamine groups is 1. The molecule has 2 aliphatic heterocycles. The summed E-state index contributed by atoms with van der Waals surface area (Å²) in [5.74, 6) is -2.43. The highest BCUT2D eigenvalue weighted by atomic mass is 19.1. The van der Waals surface area contributed by atoms with Gasteiger partial charge in [-0.2, -0.15) is 0 Å². The van der Waals surface area contributed by atoms with E-state index < -0.39 is 35.8 Å². The maximum atomic E-state index is 13.9. The third kappa shape index (κ3) is 4.70. The largest absolute Gasteiger partial charge is 0.493 e. The molecule has 4 aromatic carbocycles. The molecule has 4 aromatic rings. The summed E-state index contributed by atoms with van der Waals surface area (Å²) in [6.07, 6.45) is -1.03. The molecule has 41 heavy (non-hydrogen) atoms. The summed E-state index contributed by atoms with van der Waals surface area (Å²) in [6, 6.07) is 25.6. The lowest BCUT2D eigenvalue weighted by atomic mass is 9.90. The van der Waals surface area contributed by atoms with Crippen molar-refractivity contribution in [3.05, 3.63) is 120 Å². The SMILES string of the molecule is COc1cc([C@H]2[C@H]3C(=O)N(c4cccc(C)c4)C(=O)[C@H]3ON2c2ccccc2)ccc1OC(=O)c1ccc(F)cc1. The highest BCUT2D eigenvalue weighted by Gasteiger charge is 2.60. The Morgan fingerprint density at radius 1 is 0.829 bits per heavy atom. The number of imide groups is 1. The van der Waals surface area contributed by atoms with Crippen LogP contribution < -0.4 is 19.4 Å². The van der Waals surface area contributed by atoms with Crippen LogP contribution in [-0.2, 0) is 14.4 Å². The molecule has 8 nitrogen and oxygen atoms in total. The smallest absolute Gasteiger partial charge is 0.343 e. The number of anilines is 2. The second-order valence-electron chi connectivity index (χ2n) is 9.82. The minimum absolute atomic E-state index is 0.141. The van der Waals surface area contributed by atoms with Gasteiger partial charge in [-0.15, -0.1) is 0 Å². The molecular weight excluding hydrogens is 527 g/mol. The van der Waals surface area contributed by atoms with Gasteiger partial charge in [0, 0.05) is 0 Å². The van der Waals surface area contributed by atoms with Gasteiger partial charge in [-0.3, -0.25) is 14.4 Å². The molecule has 9 heteroatoms. The first-order valence-corrected chi connectivity index (χ1v) is 13.0. The summed E-state index contributed by atoms with van der Waals surface area (Å²) in [5, 5.41) is 1.58. The number of hydrogen-bond donors (Lipinski definition) is 0. The minimum atomic E-state index is -1.03. The number of nitrogens with zero attached hydrogens (tertiary/aromatic N) is 2. The van der Waals surface area contributed by atoms with E-state index in [0.29, 0.717) is 16.9 Å². The summed E-state index contributed by atoms with van der Waals surface area (Å²) >= 11 is 0. The molecule has 0 N–H and O–H groups in total. The number of carbonyl (C=O) groups is 3. The molecule has 6 rings (SSSR count). The Labute approximate surface area is 235 Å². The number of amides is 2. The van der Waals surface area contributed by atoms with Gasteiger partial charge >= 0.3 is 5.97 Å². The summed E-state index contributed by atoms with van der Waals surface area (Å²) in [4.78, 5) is 47.5. The molecule has 2 heterocycles. The molecule has 0 radical (unpaired) electrons. The normalized spacial score (nSPS) is 19.8. The predicted octanol–water partition coefficient (Wildman–Crippen LogP) is 5.41. The first-order chi connectivity index (χ1) is 19.9. The van der Waals surface area contributed by atoms with Crippen LogP contribution in [-0.4, -0.2) is 31.0 Å². The Morgan fingerprint density at radius 3 is 2.27 bits per heavy atom. The van der Waals surface area contributed by atoms with Crippen LogP contribution in [0.4, 0.5) is 15.8 Å². The van der Waals surface area contributed by atoms with Gasteiger partial charge in [0.15, 0.2) is 17.6 Å². The molecule has 3 atom stereocenters. The fourth-order valence-electron chi connectivity index (χ4n) is 5.27. The highest BCUT2D eigenvalue weighted by Crippen LogP contribution is 2.48. The number of halogens is 1. The van der Waals surface area contributed by atoms with Gasteiger partial charge in [0.2, 0.25) is 5.91 Å². The maximum Gasteiger partial charge on any atom is 0.343 e. The monoisotopic (exact) mass is 552 g/mol. The van der Waals surface area contributed by atoms with E-state index >= 15 is 0 Å². The van der Waals surface area contributed by atoms with Crippen molar-refractivity contribution in [2.24, 2.45) is 5.92 Å². The number of fused-ring (bicyclic) bond motifs is 1. The van der Waals surface area contributed by atoms with E-state index in [9.17, 15) is 18.8 Å². The molecule has 206 valence electrons. The highest BCUT2D eigenvalue weighted by molar-refractivity contribution is 6.24. The van der Waals surface area contributed by atoms with Crippen molar-refractivity contribution in [3.63, 3.8) is 0 Å². The first-order valence-electron chi connectivity index (χ1n) is 13.0. The Morgan fingerprint density at radius 2 is 1.56 bits per heavy atom. The second kappa shape index (κ2) is 10.5. The molecule has 2 fully saturated rings. The lowest BCUT2D eigenvalue weighted by molar-refractivity contribution is -0.126. The van der Waals surface area contributed by atoms with Crippen molar-refractivity contribution in [1.82, 2.24) is 0 Å². The van der Waals surface area contributed by atoms with E-state index in [1.165, 1.54) is 36.3 Å². The zero-order chi connectivity index (χ0) is 28.7. The number of para-hydroxylation sites is 1. The van der Waals surface area contributed by atoms with E-state index in [4.69, 9.17) is 14.3 Å². The Balaban J connectivity index is 1.37. The van der Waals surface area contributed by atoms with E-state index in [0.717, 1.165) is 5.56 Å². The summed E-state index contributed by atoms with van der Waals surface area (Å²) in [6.45, 7) is 1.89. The number of rotatable bonds is 6. The fourth-order valence-corrected chi connectivity index (χ4v) is 5.27. The van der Waals surface area contributed by atoms with Crippen molar-refractivity contribution in [2.75, 3.05) is 17.1 Å². The van der Waals surface area contributed by atoms with Gasteiger partial charge in [0.25, 0.3) is 5.91 Å². The Kier molecular flexibility index (Phi) is 6.72. The zero-order valence-electron chi connectivity index (χ0n) is 22.2. The van der Waals surface area contributed by atoms with Crippen molar-refractivity contribution in [2.45, 2.75) is 19.1 Å². The van der Waals surface area contributed by atoms with E-state index in [2.05, 4.69) is 0 Å². The molecule has 2 aliphatic rings. The first kappa shape index (κ1) is 26.2. The van der Waals surface area contributed by atoms with Gasteiger partial charge in [0.05, 0.1) is 30.1 Å². The standard InChI is InChI=1S/C32H25FN2O6/c1-19-7-6-10-24(17-19)34-30(36)27-28(35(41-29(27)31(34)37)23-8-4-3-5-9-23)21-13-16-25(26(18-21)39-2)40-32(38)20-11-14-22(33)15-12-20/h3-18,27-29H,1-2H3/t27-,28+,29+/m1/s1. The summed E-state index contributed by atoms with van der Waals surface area (Å²) in [7, 11) is 1.43. The van der Waals surface area contributed by atoms with Gasteiger partial charge < -0.3 is 9.47 Å². The van der Waals surface area contributed by atoms with Crippen LogP contribution in [0, 0.1) is 18.7 Å². The lowest BCUT2D eigenvalue weighted by Gasteiger charge is -2.29. The average Bonchev–Trinajstić information content (AvgIpc) is 3.49. The number of methoxy groups -OCH3 is 1. The number of aryl methyl sites for hydroxylation is 1. The third-order valence-electron chi connectivity index (χ3n) is 7.20. The van der Waals surface area contributed by atoms with Crippen LogP contribution in [0.2, 0.25) is 0 Å². The van der Waals surface area contributed by atoms with Crippen molar-refractivity contribution in [3.8, 4) is 11.5 Å². The number of ether oxygens (including phenoxy) is 2. The van der Waals surface area contributed by atoms with Crippen molar-refractivity contribution >= 4 is 29.2 Å². The second-order valence-corrected chi connectivity index (χ2v) is 9.82. The van der Waals surface area contributed by atoms with E-state index in [1.807, 2.05) is 43.3 Å². The summed E-state index contributed by atoms with van der Waals surface area (Å²) < 4.78 is 24.4. The topological polar surface area (TPSA) is 85.4 Å². The van der Waals surface area contributed by atoms with Crippen LogP contribution in [0.3, 0.4) is 0 Å². The Bertz CT molecular complexity index is 1640. The van der Waals surface area contributed by atoms with Crippen molar-refractivity contribution in [1.29, 1.82) is 0 Å². The lowest BCUT2D eigenvalue weighted by Crippen LogP contribution is -2.37. The molecule has 0 saturated carbocycles. The van der Waals surface area contributed by atoms with Crippen LogP contribution >= 0.6 is 0 Å². The maximum absolute atomic E-state index is 13.9. The molecule has 2 saturated heterocycles. The van der Waals surface area contributed by atoms with Gasteiger partial charge in [-0.1, -0.05) is 36.4 Å². The molecule has 0 aromatic heterocycles. The average molecular weight is 553 g/mol. The van der Waals surface area contributed by atoms with Crippen LogP contribution in [0.25, 0.3) is 0 Å². The molecule has 0 spiro atoms. The Hall–Kier alpha value is -5.02. The van der Waals surface area contributed by atoms with Crippen LogP contribution in [0.15, 0.2) is 97.1 Å².